The minimum absolute atomic E-state index is 0.134. The Morgan fingerprint density at radius 3 is 2.66 bits per heavy atom. The molecule has 0 radical (unpaired) electrons. The molecule has 1 saturated heterocycles. The van der Waals surface area contributed by atoms with Crippen LogP contribution in [0.3, 0.4) is 0 Å². The van der Waals surface area contributed by atoms with Gasteiger partial charge in [0.1, 0.15) is 18.2 Å². The van der Waals surface area contributed by atoms with Crippen LogP contribution in [0.5, 0.6) is 5.75 Å². The van der Waals surface area contributed by atoms with Crippen molar-refractivity contribution in [1.82, 2.24) is 15.1 Å². The third-order valence-electron chi connectivity index (χ3n) is 5.24. The summed E-state index contributed by atoms with van der Waals surface area (Å²) in [5.74, 6) is 1.11. The third-order valence-corrected chi connectivity index (χ3v) is 5.24. The van der Waals surface area contributed by atoms with E-state index in [2.05, 4.69) is 10.3 Å². The number of carbonyl (C=O) groups is 1. The van der Waals surface area contributed by atoms with Crippen LogP contribution in [-0.4, -0.2) is 67.5 Å². The zero-order chi connectivity index (χ0) is 21.1. The minimum Gasteiger partial charge on any atom is -0.491 e. The molecule has 1 aromatic carbocycles. The molecule has 0 aliphatic carbocycles. The minimum atomic E-state index is -0.134. The van der Waals surface area contributed by atoms with E-state index in [9.17, 15) is 4.79 Å². The average Bonchev–Trinajstić information content (AvgIpc) is 3.07. The van der Waals surface area contributed by atoms with Crippen molar-refractivity contribution < 1.29 is 9.53 Å². The maximum atomic E-state index is 13.2. The molecule has 154 valence electrons. The van der Waals surface area contributed by atoms with Gasteiger partial charge < -0.3 is 25.3 Å². The molecule has 2 aliphatic rings. The number of nitrogens with one attached hydrogen (secondary N) is 2. The van der Waals surface area contributed by atoms with Crippen LogP contribution in [0.25, 0.3) is 0 Å². The first-order valence-electron chi connectivity index (χ1n) is 9.75. The number of amides is 1. The van der Waals surface area contributed by atoms with Crippen molar-refractivity contribution in [2.75, 3.05) is 40.3 Å². The molecule has 0 unspecified atom stereocenters. The number of benzene rings is 1. The fraction of sp³-hybridized carbons (Fsp3) is 0.409. The van der Waals surface area contributed by atoms with Gasteiger partial charge in [0, 0.05) is 23.5 Å². The van der Waals surface area contributed by atoms with Gasteiger partial charge in [-0.1, -0.05) is 12.1 Å². The maximum Gasteiger partial charge on any atom is 0.258 e. The summed E-state index contributed by atoms with van der Waals surface area (Å²) >= 11 is 0. The summed E-state index contributed by atoms with van der Waals surface area (Å²) in [7, 11) is 3.96. The highest BCUT2D eigenvalue weighted by Crippen LogP contribution is 2.25. The zero-order valence-electron chi connectivity index (χ0n) is 17.8. The van der Waals surface area contributed by atoms with E-state index in [0.29, 0.717) is 36.0 Å². The number of likely N-dealkylation sites (tertiary alicyclic amines) is 1. The Bertz CT molecular complexity index is 927. The van der Waals surface area contributed by atoms with E-state index >= 15 is 0 Å². The Balaban J connectivity index is 1.79. The highest BCUT2D eigenvalue weighted by molar-refractivity contribution is 6.09. The Morgan fingerprint density at radius 2 is 1.97 bits per heavy atom. The highest BCUT2D eigenvalue weighted by Gasteiger charge is 2.31. The van der Waals surface area contributed by atoms with Crippen molar-refractivity contribution in [3.05, 3.63) is 52.5 Å². The van der Waals surface area contributed by atoms with Gasteiger partial charge in [-0.15, -0.1) is 0 Å². The zero-order valence-corrected chi connectivity index (χ0v) is 17.8. The van der Waals surface area contributed by atoms with E-state index in [1.54, 1.807) is 11.0 Å². The fourth-order valence-corrected chi connectivity index (χ4v) is 3.23. The number of likely N-dealkylation sites (N-methyl/N-ethyl adjacent to an activating group) is 1. The largest absolute Gasteiger partial charge is 0.491 e. The van der Waals surface area contributed by atoms with Gasteiger partial charge in [0.25, 0.3) is 5.91 Å². The molecular formula is C22H29N5O2. The number of aliphatic imine (C=N–C) groups is 1. The molecule has 29 heavy (non-hydrogen) atoms. The standard InChI is InChI=1S/C22H29N5O2/c1-14-15(2)24-21(25-16(14)3)18-12-27(13-19(18)23)22(28)17-8-6-7-9-20(17)29-11-10-26(4)5/h6-9,23-24H,10-13H2,1-5H3/b21-18+,23-19?. The molecule has 0 aromatic heterocycles. The number of carbonyl (C=O) groups excluding carboxylic acids is 1. The molecule has 7 nitrogen and oxygen atoms in total. The summed E-state index contributed by atoms with van der Waals surface area (Å²) in [6, 6.07) is 7.29. The van der Waals surface area contributed by atoms with Crippen LogP contribution in [0.1, 0.15) is 31.1 Å². The van der Waals surface area contributed by atoms with Gasteiger partial charge in [0.2, 0.25) is 0 Å². The maximum absolute atomic E-state index is 13.2. The van der Waals surface area contributed by atoms with E-state index in [1.165, 1.54) is 0 Å². The SMILES string of the molecule is CC1=N/C(=C2\CN(C(=O)c3ccccc3OCCN(C)C)CC2=N)NC(C)=C1C. The molecule has 2 N–H and O–H groups in total. The summed E-state index contributed by atoms with van der Waals surface area (Å²) in [6.07, 6.45) is 0. The van der Waals surface area contributed by atoms with Gasteiger partial charge >= 0.3 is 0 Å². The summed E-state index contributed by atoms with van der Waals surface area (Å²) in [5.41, 5.74) is 4.76. The van der Waals surface area contributed by atoms with Crippen molar-refractivity contribution in [3.63, 3.8) is 0 Å². The lowest BCUT2D eigenvalue weighted by Crippen LogP contribution is -2.29. The van der Waals surface area contributed by atoms with Crippen molar-refractivity contribution in [2.45, 2.75) is 20.8 Å². The molecule has 1 aromatic rings. The number of allylic oxidation sites excluding steroid dienone is 2. The molecule has 2 heterocycles. The predicted molar refractivity (Wildman–Crippen MR) is 116 cm³/mol. The fourth-order valence-electron chi connectivity index (χ4n) is 3.23. The van der Waals surface area contributed by atoms with E-state index in [0.717, 1.165) is 29.1 Å². The van der Waals surface area contributed by atoms with Crippen molar-refractivity contribution in [1.29, 1.82) is 5.41 Å². The lowest BCUT2D eigenvalue weighted by molar-refractivity contribution is 0.0799. The van der Waals surface area contributed by atoms with Gasteiger partial charge in [0.15, 0.2) is 0 Å². The number of hydrogen-bond donors (Lipinski definition) is 2. The number of hydrogen-bond acceptors (Lipinski definition) is 6. The number of rotatable bonds is 5. The lowest BCUT2D eigenvalue weighted by atomic mass is 10.1. The molecule has 0 saturated carbocycles. The van der Waals surface area contributed by atoms with E-state index in [-0.39, 0.29) is 12.5 Å². The summed E-state index contributed by atoms with van der Waals surface area (Å²) in [6.45, 7) is 7.87. The van der Waals surface area contributed by atoms with Crippen LogP contribution in [0.4, 0.5) is 0 Å². The normalized spacial score (nSPS) is 19.6. The van der Waals surface area contributed by atoms with E-state index < -0.39 is 0 Å². The molecule has 2 aliphatic heterocycles. The Labute approximate surface area is 172 Å². The molecule has 1 fully saturated rings. The first-order valence-corrected chi connectivity index (χ1v) is 9.75. The summed E-state index contributed by atoms with van der Waals surface area (Å²) < 4.78 is 5.84. The topological polar surface area (TPSA) is 81.0 Å². The van der Waals surface area contributed by atoms with Gasteiger partial charge in [-0.3, -0.25) is 4.79 Å². The van der Waals surface area contributed by atoms with Gasteiger partial charge in [-0.2, -0.15) is 0 Å². The smallest absolute Gasteiger partial charge is 0.258 e. The van der Waals surface area contributed by atoms with Crippen LogP contribution in [0.2, 0.25) is 0 Å². The van der Waals surface area contributed by atoms with Crippen molar-refractivity contribution in [3.8, 4) is 5.75 Å². The quantitative estimate of drug-likeness (QED) is 0.803. The van der Waals surface area contributed by atoms with Crippen molar-refractivity contribution >= 4 is 17.3 Å². The van der Waals surface area contributed by atoms with E-state index in [1.807, 2.05) is 58.0 Å². The first-order chi connectivity index (χ1) is 13.8. The summed E-state index contributed by atoms with van der Waals surface area (Å²) in [4.78, 5) is 21.5. The van der Waals surface area contributed by atoms with Crippen LogP contribution in [-0.2, 0) is 0 Å². The number of ether oxygens (including phenoxy) is 1. The molecule has 0 atom stereocenters. The number of nitrogens with zero attached hydrogens (tertiary/aromatic N) is 3. The van der Waals surface area contributed by atoms with Gasteiger partial charge in [0.05, 0.1) is 24.4 Å². The van der Waals surface area contributed by atoms with Crippen LogP contribution >= 0.6 is 0 Å². The second-order valence-electron chi connectivity index (χ2n) is 7.69. The second kappa shape index (κ2) is 8.61. The van der Waals surface area contributed by atoms with Crippen LogP contribution in [0.15, 0.2) is 51.9 Å². The monoisotopic (exact) mass is 395 g/mol. The second-order valence-corrected chi connectivity index (χ2v) is 7.69. The predicted octanol–water partition coefficient (Wildman–Crippen LogP) is 2.67. The van der Waals surface area contributed by atoms with Crippen molar-refractivity contribution in [2.24, 2.45) is 4.99 Å². The molecular weight excluding hydrogens is 366 g/mol. The van der Waals surface area contributed by atoms with Gasteiger partial charge in [-0.25, -0.2) is 4.99 Å². The lowest BCUT2D eigenvalue weighted by Gasteiger charge is -2.20. The first kappa shape index (κ1) is 20.8. The molecule has 3 rings (SSSR count). The van der Waals surface area contributed by atoms with Crippen LogP contribution < -0.4 is 10.1 Å². The Kier molecular flexibility index (Phi) is 6.17. The Morgan fingerprint density at radius 1 is 1.24 bits per heavy atom. The van der Waals surface area contributed by atoms with Crippen LogP contribution in [0, 0.1) is 5.41 Å². The highest BCUT2D eigenvalue weighted by atomic mass is 16.5. The average molecular weight is 396 g/mol. The molecule has 1 amide bonds. The number of para-hydroxylation sites is 1. The third kappa shape index (κ3) is 4.56. The van der Waals surface area contributed by atoms with E-state index in [4.69, 9.17) is 10.1 Å². The molecule has 7 heteroatoms. The Hall–Kier alpha value is -2.93. The van der Waals surface area contributed by atoms with Gasteiger partial charge in [-0.05, 0) is 52.6 Å². The summed E-state index contributed by atoms with van der Waals surface area (Å²) in [5, 5.41) is 11.7. The molecule has 0 bridgehead atoms. The molecule has 0 spiro atoms.